The number of hydrogen-bond donors (Lipinski definition) is 0. The highest BCUT2D eigenvalue weighted by molar-refractivity contribution is 6.09. The number of allylic oxidation sites excluding steroid dienone is 8. The lowest BCUT2D eigenvalue weighted by molar-refractivity contribution is -0.401. The van der Waals surface area contributed by atoms with Gasteiger partial charge in [0.1, 0.15) is 14.1 Å². The van der Waals surface area contributed by atoms with E-state index in [1.54, 1.807) is 0 Å². The third-order valence-corrected chi connectivity index (χ3v) is 15.6. The highest BCUT2D eigenvalue weighted by Gasteiger charge is 2.46. The number of hydrogen-bond acceptors (Lipinski definition) is 2. The van der Waals surface area contributed by atoms with Crippen LogP contribution in [0.5, 0.6) is 0 Å². The highest BCUT2D eigenvalue weighted by atomic mass is 15.2. The average Bonchev–Trinajstić information content (AvgIpc) is 4.07. The van der Waals surface area contributed by atoms with Crippen molar-refractivity contribution in [2.45, 2.75) is 174 Å². The molecule has 428 valence electrons. The van der Waals surface area contributed by atoms with E-state index in [0.29, 0.717) is 0 Å². The molecular weight excluding hydrogens is 969 g/mol. The minimum atomic E-state index is -0.0732. The number of nitrogens with zero attached hydrogens (tertiary/aromatic N) is 4. The molecule has 0 radical (unpaired) electrons. The van der Waals surface area contributed by atoms with Crippen LogP contribution in [-0.4, -0.2) is 48.8 Å². The first kappa shape index (κ1) is 67.5. The Balaban J connectivity index is 0.000000347. The molecule has 4 aliphatic rings. The molecule has 11 rings (SSSR count). The second-order valence-corrected chi connectivity index (χ2v) is 20.9. The quantitative estimate of drug-likeness (QED) is 0.163. The van der Waals surface area contributed by atoms with Crippen LogP contribution in [0.1, 0.15) is 175 Å². The van der Waals surface area contributed by atoms with Gasteiger partial charge >= 0.3 is 0 Å². The summed E-state index contributed by atoms with van der Waals surface area (Å²) < 4.78 is 4.72. The maximum atomic E-state index is 2.36. The average molecular weight is 1080 g/mol. The van der Waals surface area contributed by atoms with Crippen molar-refractivity contribution in [2.24, 2.45) is 0 Å². The molecule has 7 aromatic carbocycles. The first-order chi connectivity index (χ1) is 38.5. The number of anilines is 2. The van der Waals surface area contributed by atoms with Crippen molar-refractivity contribution >= 4 is 66.5 Å². The normalized spacial score (nSPS) is 16.8. The van der Waals surface area contributed by atoms with Crippen LogP contribution in [-0.2, 0) is 21.7 Å². The lowest BCUT2D eigenvalue weighted by atomic mass is 9.79. The highest BCUT2D eigenvalue weighted by Crippen LogP contribution is 2.51. The van der Waals surface area contributed by atoms with Crippen LogP contribution in [0, 0.1) is 0 Å². The Bertz CT molecular complexity index is 3360. The molecule has 0 amide bonds. The molecule has 0 fully saturated rings. The fourth-order valence-corrected chi connectivity index (χ4v) is 12.3. The fraction of sp³-hybridized carbons (Fsp3) is 0.395. The molecule has 0 spiro atoms. The summed E-state index contributed by atoms with van der Waals surface area (Å²) in [6.07, 6.45) is 13.7. The summed E-state index contributed by atoms with van der Waals surface area (Å²) in [6, 6.07) is 48.5. The molecule has 0 bridgehead atoms. The van der Waals surface area contributed by atoms with Gasteiger partial charge in [-0.3, -0.25) is 0 Å². The molecule has 0 aliphatic carbocycles. The Labute approximate surface area is 488 Å². The van der Waals surface area contributed by atoms with Crippen molar-refractivity contribution in [1.29, 1.82) is 0 Å². The third kappa shape index (κ3) is 12.4. The van der Waals surface area contributed by atoms with Gasteiger partial charge in [0.05, 0.1) is 10.8 Å². The van der Waals surface area contributed by atoms with Gasteiger partial charge in [-0.15, -0.1) is 0 Å². The second-order valence-electron chi connectivity index (χ2n) is 20.9. The molecule has 4 nitrogen and oxygen atoms in total. The minimum Gasteiger partial charge on any atom is -0.347 e. The van der Waals surface area contributed by atoms with E-state index in [-0.39, 0.29) is 21.7 Å². The monoisotopic (exact) mass is 1070 g/mol. The van der Waals surface area contributed by atoms with E-state index in [2.05, 4.69) is 272 Å². The topological polar surface area (TPSA) is 12.5 Å². The van der Waals surface area contributed by atoms with Gasteiger partial charge in [0.15, 0.2) is 11.4 Å². The first-order valence-corrected chi connectivity index (χ1v) is 30.6. The van der Waals surface area contributed by atoms with Gasteiger partial charge in [-0.25, -0.2) is 0 Å². The van der Waals surface area contributed by atoms with E-state index >= 15 is 0 Å². The molecule has 0 saturated carbocycles. The summed E-state index contributed by atoms with van der Waals surface area (Å²) in [5, 5.41) is 7.97. The van der Waals surface area contributed by atoms with Crippen LogP contribution in [0.25, 0.3) is 32.3 Å². The predicted octanol–water partition coefficient (Wildman–Crippen LogP) is 21.8. The zero-order chi connectivity index (χ0) is 60.5. The summed E-state index contributed by atoms with van der Waals surface area (Å²) in [5.74, 6) is 0. The Kier molecular flexibility index (Phi) is 25.0. The number of benzene rings is 7. The fourth-order valence-electron chi connectivity index (χ4n) is 12.3. The lowest BCUT2D eigenvalue weighted by Gasteiger charge is -2.24. The summed E-state index contributed by atoms with van der Waals surface area (Å²) in [5.41, 5.74) is 16.0. The van der Waals surface area contributed by atoms with Gasteiger partial charge < -0.3 is 9.80 Å². The zero-order valence-corrected chi connectivity index (χ0v) is 55.0. The molecular formula is C76H106N4+2. The van der Waals surface area contributed by atoms with Crippen molar-refractivity contribution < 1.29 is 9.15 Å². The Morgan fingerprint density at radius 2 is 0.662 bits per heavy atom. The van der Waals surface area contributed by atoms with Crippen molar-refractivity contribution in [3.05, 3.63) is 204 Å². The van der Waals surface area contributed by atoms with E-state index in [1.165, 1.54) is 100 Å². The van der Waals surface area contributed by atoms with Crippen molar-refractivity contribution in [3.8, 4) is 0 Å². The molecule has 7 aromatic rings. The molecule has 80 heavy (non-hydrogen) atoms. The number of para-hydroxylation sites is 1. The van der Waals surface area contributed by atoms with E-state index < -0.39 is 0 Å². The van der Waals surface area contributed by atoms with Crippen LogP contribution in [0.15, 0.2) is 181 Å². The zero-order valence-electron chi connectivity index (χ0n) is 55.0. The van der Waals surface area contributed by atoms with Crippen molar-refractivity contribution in [2.75, 3.05) is 38.0 Å². The van der Waals surface area contributed by atoms with Gasteiger partial charge in [0.2, 0.25) is 11.4 Å². The summed E-state index contributed by atoms with van der Waals surface area (Å²) in [6.45, 7) is 46.7. The summed E-state index contributed by atoms with van der Waals surface area (Å²) >= 11 is 0. The molecule has 0 aromatic heterocycles. The largest absolute Gasteiger partial charge is 0.347 e. The molecule has 0 saturated heterocycles. The van der Waals surface area contributed by atoms with Crippen LogP contribution >= 0.6 is 0 Å². The third-order valence-electron chi connectivity index (χ3n) is 15.6. The van der Waals surface area contributed by atoms with Gasteiger partial charge in [-0.2, -0.15) is 9.15 Å². The molecule has 4 heteroatoms. The number of rotatable bonds is 4. The van der Waals surface area contributed by atoms with Gasteiger partial charge in [0.25, 0.3) is 0 Å². The predicted molar refractivity (Wildman–Crippen MR) is 363 cm³/mol. The summed E-state index contributed by atoms with van der Waals surface area (Å²) in [4.78, 5) is 4.69. The van der Waals surface area contributed by atoms with E-state index in [4.69, 9.17) is 0 Å². The standard InChI is InChI=1S/C33H33N2.C29H31N2.7C2H6/c1-32(2)28(34(5)26-20-18-22-12-7-9-14-24(22)30(26)32)16-11-17-29-33(3,4)31-25-15-10-8-13-23(25)19-21-27(31)35(29)6;1-28(2)22-14-9-10-15-23(22)30(5)25(28)16-11-17-26-29(3,4)27-21-13-8-7-12-20(21)18-19-24(27)31(26)6;7*1-2/h7-21H,1-6H3;7-19H,1-6H3;7*1-2H3/q2*+1;;;;;;;. The van der Waals surface area contributed by atoms with Gasteiger partial charge in [0, 0.05) is 83.1 Å². The van der Waals surface area contributed by atoms with E-state index in [1.807, 2.05) is 96.9 Å². The maximum Gasteiger partial charge on any atom is 0.210 e. The van der Waals surface area contributed by atoms with E-state index in [9.17, 15) is 0 Å². The van der Waals surface area contributed by atoms with Crippen LogP contribution in [0.3, 0.4) is 0 Å². The Hall–Kier alpha value is -6.78. The maximum absolute atomic E-state index is 2.36. The Morgan fingerprint density at radius 1 is 0.338 bits per heavy atom. The smallest absolute Gasteiger partial charge is 0.210 e. The minimum absolute atomic E-state index is 0.00336. The summed E-state index contributed by atoms with van der Waals surface area (Å²) in [7, 11) is 8.76. The molecule has 0 atom stereocenters. The molecule has 0 N–H and O–H groups in total. The van der Waals surface area contributed by atoms with Gasteiger partial charge in [-0.1, -0.05) is 234 Å². The SMILES string of the molecule is CC.CC.CC.CC.CC.CC.CC.CN1/C(=C/C=C/C2=[N+](C)c3ccc4ccccc4c3C2(C)C)C(C)(C)c2c1ccc1ccccc21.CN1/C(=C/C=C/C2=[N+](C)c3ccc4ccccc4c3C2(C)C)C(C)(C)c2ccccc21. The molecule has 4 aliphatic heterocycles. The van der Waals surface area contributed by atoms with Crippen molar-refractivity contribution in [3.63, 3.8) is 0 Å². The first-order valence-electron chi connectivity index (χ1n) is 30.6. The van der Waals surface area contributed by atoms with Crippen LogP contribution in [0.2, 0.25) is 0 Å². The van der Waals surface area contributed by atoms with Crippen LogP contribution < -0.4 is 9.80 Å². The second kappa shape index (κ2) is 29.6. The van der Waals surface area contributed by atoms with Crippen LogP contribution in [0.4, 0.5) is 22.7 Å². The molecule has 4 heterocycles. The van der Waals surface area contributed by atoms with Gasteiger partial charge in [-0.05, 0) is 108 Å². The number of likely N-dealkylation sites (N-methyl/N-ethyl adjacent to an activating group) is 2. The molecule has 0 unspecified atom stereocenters. The number of fused-ring (bicyclic) bond motifs is 10. The van der Waals surface area contributed by atoms with Crippen molar-refractivity contribution in [1.82, 2.24) is 0 Å². The Morgan fingerprint density at radius 3 is 1.06 bits per heavy atom. The van der Waals surface area contributed by atoms with E-state index in [0.717, 1.165) is 0 Å². The lowest BCUT2D eigenvalue weighted by Crippen LogP contribution is -2.27.